The van der Waals surface area contributed by atoms with E-state index < -0.39 is 23.4 Å². The molecule has 0 bridgehead atoms. The molecule has 3 N–H and O–H groups in total. The number of alkyl halides is 3. The SMILES string of the molecule is COC1(C(=O)N2Cc3c(N[C@H](C)c4cc(N)cc(C(F)(F)F)c4C)nc4ncc(C)n4c3C2)CCOCC1. The third-order valence-corrected chi connectivity index (χ3v) is 7.69. The highest BCUT2D eigenvalue weighted by Gasteiger charge is 2.45. The summed E-state index contributed by atoms with van der Waals surface area (Å²) in [6.45, 7) is 6.59. The average molecular weight is 533 g/mol. The molecule has 2 aromatic heterocycles. The van der Waals surface area contributed by atoms with E-state index in [1.54, 1.807) is 31.2 Å². The van der Waals surface area contributed by atoms with Gasteiger partial charge >= 0.3 is 6.18 Å². The lowest BCUT2D eigenvalue weighted by molar-refractivity contribution is -0.167. The van der Waals surface area contributed by atoms with Crippen LogP contribution in [0.25, 0.3) is 5.78 Å². The second-order valence-electron chi connectivity index (χ2n) is 10.0. The minimum atomic E-state index is -4.53. The molecule has 38 heavy (non-hydrogen) atoms. The number of nitrogens with zero attached hydrogens (tertiary/aromatic N) is 4. The predicted molar refractivity (Wildman–Crippen MR) is 134 cm³/mol. The second-order valence-corrected chi connectivity index (χ2v) is 10.0. The van der Waals surface area contributed by atoms with Gasteiger partial charge in [-0.1, -0.05) is 0 Å². The number of rotatable bonds is 5. The van der Waals surface area contributed by atoms with Crippen LogP contribution in [0.3, 0.4) is 0 Å². The fourth-order valence-electron chi connectivity index (χ4n) is 5.58. The summed E-state index contributed by atoms with van der Waals surface area (Å²) in [7, 11) is 1.55. The van der Waals surface area contributed by atoms with Crippen LogP contribution in [0.1, 0.15) is 59.4 Å². The first-order chi connectivity index (χ1) is 17.9. The topological polar surface area (TPSA) is 107 Å². The van der Waals surface area contributed by atoms with Gasteiger partial charge in [0.25, 0.3) is 5.91 Å². The lowest BCUT2D eigenvalue weighted by Crippen LogP contribution is -2.51. The van der Waals surface area contributed by atoms with Crippen LogP contribution in [-0.4, -0.2) is 51.1 Å². The van der Waals surface area contributed by atoms with Crippen LogP contribution in [0.5, 0.6) is 0 Å². The molecule has 3 aromatic rings. The summed E-state index contributed by atoms with van der Waals surface area (Å²) in [5.41, 5.74) is 7.18. The molecule has 204 valence electrons. The predicted octanol–water partition coefficient (Wildman–Crippen LogP) is 4.16. The largest absolute Gasteiger partial charge is 0.416 e. The fourth-order valence-corrected chi connectivity index (χ4v) is 5.58. The van der Waals surface area contributed by atoms with Crippen molar-refractivity contribution in [1.29, 1.82) is 0 Å². The highest BCUT2D eigenvalue weighted by Crippen LogP contribution is 2.39. The number of ether oxygens (including phenoxy) is 2. The molecular weight excluding hydrogens is 501 g/mol. The van der Waals surface area contributed by atoms with Gasteiger partial charge in [-0.05, 0) is 44.0 Å². The standard InChI is InChI=1S/C26H31F3N6O3/c1-14-11-31-24-33-22(32-16(3)18-9-17(30)10-20(15(18)2)26(27,28)29)19-12-34(13-21(19)35(14)24)23(36)25(37-4)5-7-38-8-6-25/h9-11,16H,5-8,12-13,30H2,1-4H3,(H,31,32,33)/t16-/m1/s1. The molecule has 1 saturated heterocycles. The van der Waals surface area contributed by atoms with Gasteiger partial charge in [0, 0.05) is 50.1 Å². The third-order valence-electron chi connectivity index (χ3n) is 7.69. The van der Waals surface area contributed by atoms with Crippen molar-refractivity contribution < 1.29 is 27.4 Å². The first-order valence-electron chi connectivity index (χ1n) is 12.5. The summed E-state index contributed by atoms with van der Waals surface area (Å²) < 4.78 is 54.0. The fraction of sp³-hybridized carbons (Fsp3) is 0.500. The quantitative estimate of drug-likeness (QED) is 0.475. The molecular formula is C26H31F3N6O3. The molecule has 1 amide bonds. The number of nitrogens with one attached hydrogen (secondary N) is 1. The van der Waals surface area contributed by atoms with E-state index >= 15 is 0 Å². The van der Waals surface area contributed by atoms with Crippen LogP contribution in [-0.2, 0) is 33.5 Å². The third kappa shape index (κ3) is 4.35. The first-order valence-corrected chi connectivity index (χ1v) is 12.5. The number of amides is 1. The molecule has 1 fully saturated rings. The molecule has 5 rings (SSSR count). The summed E-state index contributed by atoms with van der Waals surface area (Å²) in [5.74, 6) is 0.790. The van der Waals surface area contributed by atoms with E-state index in [1.165, 1.54) is 6.92 Å². The molecule has 0 aliphatic carbocycles. The Hall–Kier alpha value is -3.38. The Morgan fingerprint density at radius 3 is 2.61 bits per heavy atom. The van der Waals surface area contributed by atoms with E-state index in [-0.39, 0.29) is 23.7 Å². The van der Waals surface area contributed by atoms with Gasteiger partial charge in [-0.15, -0.1) is 0 Å². The number of hydrogen-bond donors (Lipinski definition) is 2. The summed E-state index contributed by atoms with van der Waals surface area (Å²) in [4.78, 5) is 24.5. The molecule has 0 saturated carbocycles. The number of nitrogens with two attached hydrogens (primary N) is 1. The van der Waals surface area contributed by atoms with Crippen LogP contribution in [0.15, 0.2) is 18.3 Å². The Labute approximate surface area is 218 Å². The Morgan fingerprint density at radius 2 is 1.95 bits per heavy atom. The number of carbonyl (C=O) groups is 1. The van der Waals surface area contributed by atoms with E-state index in [1.807, 2.05) is 11.3 Å². The molecule has 1 aromatic carbocycles. The van der Waals surface area contributed by atoms with Crippen LogP contribution in [0, 0.1) is 13.8 Å². The molecule has 0 unspecified atom stereocenters. The highest BCUT2D eigenvalue weighted by atomic mass is 19.4. The number of aromatic nitrogens is 3. The maximum atomic E-state index is 13.7. The number of methoxy groups -OCH3 is 1. The molecule has 2 aliphatic rings. The number of hydrogen-bond acceptors (Lipinski definition) is 7. The monoisotopic (exact) mass is 532 g/mol. The van der Waals surface area contributed by atoms with Crippen LogP contribution in [0.2, 0.25) is 0 Å². The van der Waals surface area contributed by atoms with E-state index in [2.05, 4.69) is 10.3 Å². The normalized spacial score (nSPS) is 18.0. The Morgan fingerprint density at radius 1 is 1.24 bits per heavy atom. The van der Waals surface area contributed by atoms with Crippen molar-refractivity contribution in [3.63, 3.8) is 0 Å². The molecule has 0 spiro atoms. The summed E-state index contributed by atoms with van der Waals surface area (Å²) in [5, 5.41) is 3.29. The highest BCUT2D eigenvalue weighted by molar-refractivity contribution is 5.86. The number of aryl methyl sites for hydroxylation is 1. The van der Waals surface area contributed by atoms with Gasteiger partial charge in [0.05, 0.1) is 36.6 Å². The van der Waals surface area contributed by atoms with Gasteiger partial charge in [0.2, 0.25) is 5.78 Å². The minimum Gasteiger partial charge on any atom is -0.399 e. The Kier molecular flexibility index (Phi) is 6.50. The zero-order valence-corrected chi connectivity index (χ0v) is 21.8. The first kappa shape index (κ1) is 26.2. The van der Waals surface area contributed by atoms with Crippen molar-refractivity contribution in [1.82, 2.24) is 19.3 Å². The van der Waals surface area contributed by atoms with Crippen LogP contribution >= 0.6 is 0 Å². The second kappa shape index (κ2) is 9.42. The molecule has 1 atom stereocenters. The zero-order valence-electron chi connectivity index (χ0n) is 21.8. The van der Waals surface area contributed by atoms with Crippen molar-refractivity contribution >= 4 is 23.2 Å². The van der Waals surface area contributed by atoms with Crippen molar-refractivity contribution in [3.05, 3.63) is 52.0 Å². The molecule has 4 heterocycles. The van der Waals surface area contributed by atoms with Gasteiger partial charge in [0.1, 0.15) is 5.82 Å². The Bertz CT molecular complexity index is 1400. The molecule has 2 aliphatic heterocycles. The number of fused-ring (bicyclic) bond motifs is 3. The number of benzene rings is 1. The average Bonchev–Trinajstić information content (AvgIpc) is 3.48. The van der Waals surface area contributed by atoms with Crippen molar-refractivity contribution in [2.45, 2.75) is 64.5 Å². The van der Waals surface area contributed by atoms with E-state index in [0.717, 1.165) is 23.0 Å². The molecule has 12 heteroatoms. The lowest BCUT2D eigenvalue weighted by Gasteiger charge is -2.37. The van der Waals surface area contributed by atoms with E-state index in [9.17, 15) is 18.0 Å². The number of nitrogen functional groups attached to an aromatic ring is 1. The number of halogens is 3. The van der Waals surface area contributed by atoms with Gasteiger partial charge in [-0.25, -0.2) is 4.98 Å². The van der Waals surface area contributed by atoms with Crippen molar-refractivity contribution in [2.75, 3.05) is 31.4 Å². The van der Waals surface area contributed by atoms with E-state index in [4.69, 9.17) is 20.2 Å². The van der Waals surface area contributed by atoms with E-state index in [0.29, 0.717) is 49.8 Å². The van der Waals surface area contributed by atoms with Crippen molar-refractivity contribution in [2.24, 2.45) is 0 Å². The summed E-state index contributed by atoms with van der Waals surface area (Å²) >= 11 is 0. The molecule has 9 nitrogen and oxygen atoms in total. The lowest BCUT2D eigenvalue weighted by atomic mass is 9.92. The smallest absolute Gasteiger partial charge is 0.399 e. The van der Waals surface area contributed by atoms with Gasteiger partial charge in [-0.2, -0.15) is 18.2 Å². The Balaban J connectivity index is 1.52. The number of carbonyl (C=O) groups excluding carboxylic acids is 1. The van der Waals surface area contributed by atoms with Crippen LogP contribution in [0.4, 0.5) is 24.7 Å². The van der Waals surface area contributed by atoms with Crippen molar-refractivity contribution in [3.8, 4) is 0 Å². The van der Waals surface area contributed by atoms with Crippen LogP contribution < -0.4 is 11.1 Å². The summed E-state index contributed by atoms with van der Waals surface area (Å²) in [6, 6.07) is 1.94. The number of anilines is 2. The molecule has 0 radical (unpaired) electrons. The minimum absolute atomic E-state index is 0.0298. The number of imidazole rings is 1. The zero-order chi connectivity index (χ0) is 27.4. The van der Waals surface area contributed by atoms with Gasteiger partial charge in [-0.3, -0.25) is 9.20 Å². The van der Waals surface area contributed by atoms with Gasteiger partial charge in [0.15, 0.2) is 5.60 Å². The van der Waals surface area contributed by atoms with Gasteiger partial charge < -0.3 is 25.4 Å². The maximum absolute atomic E-state index is 13.7. The summed E-state index contributed by atoms with van der Waals surface area (Å²) in [6.07, 6.45) is -1.90. The maximum Gasteiger partial charge on any atom is 0.416 e.